The van der Waals surface area contributed by atoms with Gasteiger partial charge in [-0.05, 0) is 43.7 Å². The quantitative estimate of drug-likeness (QED) is 0.803. The molecule has 17 heavy (non-hydrogen) atoms. The average molecular weight is 250 g/mol. The number of nitrogens with zero attached hydrogens (tertiary/aromatic N) is 1. The smallest absolute Gasteiger partial charge is 0.207 e. The molecule has 1 saturated carbocycles. The summed E-state index contributed by atoms with van der Waals surface area (Å²) in [5, 5.41) is 0. The predicted octanol–water partition coefficient (Wildman–Crippen LogP) is 1.84. The van der Waals surface area contributed by atoms with E-state index in [-0.39, 0.29) is 0 Å². The first kappa shape index (κ1) is 11.2. The largest absolute Gasteiger partial charge is 0.243 e. The zero-order valence-electron chi connectivity index (χ0n) is 9.83. The van der Waals surface area contributed by atoms with Crippen LogP contribution in [0.4, 0.5) is 0 Å². The molecular formula is C13H16NO2S. The van der Waals surface area contributed by atoms with Gasteiger partial charge in [0, 0.05) is 13.1 Å². The molecule has 0 spiro atoms. The number of piperidine rings is 1. The Morgan fingerprint density at radius 1 is 1.18 bits per heavy atom. The lowest BCUT2D eigenvalue weighted by atomic mass is 10.2. The van der Waals surface area contributed by atoms with Gasteiger partial charge in [-0.15, -0.1) is 0 Å². The highest BCUT2D eigenvalue weighted by atomic mass is 32.2. The predicted molar refractivity (Wildman–Crippen MR) is 65.8 cm³/mol. The van der Waals surface area contributed by atoms with Crippen LogP contribution in [0.1, 0.15) is 12.0 Å². The molecule has 1 aliphatic carbocycles. The van der Waals surface area contributed by atoms with Crippen molar-refractivity contribution in [1.29, 1.82) is 0 Å². The summed E-state index contributed by atoms with van der Waals surface area (Å²) >= 11 is 0. The number of hydrogen-bond acceptors (Lipinski definition) is 2. The van der Waals surface area contributed by atoms with Crippen LogP contribution in [-0.2, 0) is 10.0 Å². The van der Waals surface area contributed by atoms with Gasteiger partial charge in [-0.25, -0.2) is 8.42 Å². The molecule has 1 heterocycles. The summed E-state index contributed by atoms with van der Waals surface area (Å²) in [6.07, 6.45) is 3.24. The Balaban J connectivity index is 1.87. The van der Waals surface area contributed by atoms with Crippen LogP contribution in [-0.4, -0.2) is 25.8 Å². The summed E-state index contributed by atoms with van der Waals surface area (Å²) in [7, 11) is -3.27. The molecule has 0 aromatic heterocycles. The molecule has 2 fully saturated rings. The zero-order valence-corrected chi connectivity index (χ0v) is 10.7. The summed E-state index contributed by atoms with van der Waals surface area (Å²) in [5.41, 5.74) is 1.08. The summed E-state index contributed by atoms with van der Waals surface area (Å²) in [6.45, 7) is 3.29. The Morgan fingerprint density at radius 3 is 2.53 bits per heavy atom. The lowest BCUT2D eigenvalue weighted by Crippen LogP contribution is -2.36. The molecule has 3 rings (SSSR count). The first-order valence-corrected chi connectivity index (χ1v) is 7.43. The number of fused-ring (bicyclic) bond motifs is 1. The van der Waals surface area contributed by atoms with E-state index in [2.05, 4.69) is 6.42 Å². The minimum absolute atomic E-state index is 0.419. The number of benzene rings is 1. The van der Waals surface area contributed by atoms with E-state index in [0.717, 1.165) is 12.0 Å². The first-order valence-electron chi connectivity index (χ1n) is 5.99. The van der Waals surface area contributed by atoms with Crippen LogP contribution >= 0.6 is 0 Å². The third-order valence-electron chi connectivity index (χ3n) is 3.69. The van der Waals surface area contributed by atoms with Crippen LogP contribution < -0.4 is 0 Å². The molecule has 2 aliphatic rings. The second-order valence-corrected chi connectivity index (χ2v) is 6.92. The number of rotatable bonds is 2. The molecule has 0 amide bonds. The molecule has 1 saturated heterocycles. The van der Waals surface area contributed by atoms with E-state index in [1.54, 1.807) is 16.4 Å². The van der Waals surface area contributed by atoms with Crippen LogP contribution in [0.2, 0.25) is 0 Å². The molecule has 1 aromatic rings. The first-order chi connectivity index (χ1) is 8.07. The number of sulfonamides is 1. The van der Waals surface area contributed by atoms with Gasteiger partial charge >= 0.3 is 0 Å². The molecule has 0 bridgehead atoms. The van der Waals surface area contributed by atoms with Gasteiger partial charge in [0.05, 0.1) is 4.90 Å². The highest BCUT2D eigenvalue weighted by Gasteiger charge is 2.44. The molecule has 1 radical (unpaired) electrons. The maximum absolute atomic E-state index is 12.4. The molecule has 0 N–H and O–H groups in total. The zero-order chi connectivity index (χ0) is 12.0. The fourth-order valence-corrected chi connectivity index (χ4v) is 3.95. The van der Waals surface area contributed by atoms with Crippen molar-refractivity contribution >= 4 is 10.0 Å². The normalized spacial score (nSPS) is 28.8. The fourth-order valence-electron chi connectivity index (χ4n) is 2.46. The monoisotopic (exact) mass is 250 g/mol. The van der Waals surface area contributed by atoms with Gasteiger partial charge in [0.25, 0.3) is 0 Å². The van der Waals surface area contributed by atoms with E-state index in [9.17, 15) is 8.42 Å². The molecule has 1 aliphatic heterocycles. The van der Waals surface area contributed by atoms with Gasteiger partial charge in [-0.1, -0.05) is 17.7 Å². The van der Waals surface area contributed by atoms with Gasteiger partial charge in [0.15, 0.2) is 0 Å². The lowest BCUT2D eigenvalue weighted by Gasteiger charge is -2.25. The highest BCUT2D eigenvalue weighted by molar-refractivity contribution is 7.89. The molecule has 0 unspecified atom stereocenters. The summed E-state index contributed by atoms with van der Waals surface area (Å²) in [4.78, 5) is 0.419. The van der Waals surface area contributed by atoms with Gasteiger partial charge in [-0.3, -0.25) is 0 Å². The molecule has 2 atom stereocenters. The van der Waals surface area contributed by atoms with Crippen LogP contribution in [0.3, 0.4) is 0 Å². The minimum Gasteiger partial charge on any atom is -0.207 e. The van der Waals surface area contributed by atoms with Crippen molar-refractivity contribution in [1.82, 2.24) is 4.31 Å². The molecule has 1 aromatic carbocycles. The van der Waals surface area contributed by atoms with Crippen molar-refractivity contribution in [2.24, 2.45) is 11.8 Å². The van der Waals surface area contributed by atoms with E-state index >= 15 is 0 Å². The third-order valence-corrected chi connectivity index (χ3v) is 5.57. The number of aryl methyl sites for hydroxylation is 1. The van der Waals surface area contributed by atoms with Gasteiger partial charge in [0.2, 0.25) is 10.0 Å². The fraction of sp³-hybridized carbons (Fsp3) is 0.462. The maximum Gasteiger partial charge on any atom is 0.243 e. The number of hydrogen-bond donors (Lipinski definition) is 0. The Bertz CT molecular complexity index is 521. The third kappa shape index (κ3) is 2.00. The van der Waals surface area contributed by atoms with E-state index in [4.69, 9.17) is 0 Å². The lowest BCUT2D eigenvalue weighted by molar-refractivity contribution is 0.334. The second-order valence-electron chi connectivity index (χ2n) is 4.98. The van der Waals surface area contributed by atoms with Crippen molar-refractivity contribution in [3.05, 3.63) is 36.2 Å². The van der Waals surface area contributed by atoms with Crippen molar-refractivity contribution in [2.45, 2.75) is 18.2 Å². The topological polar surface area (TPSA) is 37.4 Å². The Kier molecular flexibility index (Phi) is 2.52. The SMILES string of the molecule is Cc1ccc(S(=O)(=O)N2CC[C@H]3[CH][C@H]3C2)cc1. The average Bonchev–Trinajstić information content (AvgIpc) is 3.07. The standard InChI is InChI=1S/C13H16NO2S/c1-10-2-4-13(5-3-10)17(15,16)14-7-6-11-8-12(11)9-14/h2-5,8,11-12H,6-7,9H2,1H3/t11-,12-/m0/s1. The summed E-state index contributed by atoms with van der Waals surface area (Å²) in [6, 6.07) is 7.10. The maximum atomic E-state index is 12.4. The summed E-state index contributed by atoms with van der Waals surface area (Å²) < 4.78 is 26.4. The van der Waals surface area contributed by atoms with Crippen molar-refractivity contribution < 1.29 is 8.42 Å². The Morgan fingerprint density at radius 2 is 1.88 bits per heavy atom. The minimum atomic E-state index is -3.27. The van der Waals surface area contributed by atoms with E-state index in [1.165, 1.54) is 0 Å². The Hall–Kier alpha value is -0.870. The van der Waals surface area contributed by atoms with Crippen LogP contribution in [0, 0.1) is 25.2 Å². The highest BCUT2D eigenvalue weighted by Crippen LogP contribution is 2.44. The van der Waals surface area contributed by atoms with Crippen molar-refractivity contribution in [2.75, 3.05) is 13.1 Å². The van der Waals surface area contributed by atoms with Gasteiger partial charge < -0.3 is 0 Å². The Labute approximate surface area is 102 Å². The molecule has 4 heteroatoms. The van der Waals surface area contributed by atoms with Crippen molar-refractivity contribution in [3.63, 3.8) is 0 Å². The molecular weight excluding hydrogens is 234 g/mol. The van der Waals surface area contributed by atoms with Crippen LogP contribution in [0.25, 0.3) is 0 Å². The molecule has 3 nitrogen and oxygen atoms in total. The van der Waals surface area contributed by atoms with Gasteiger partial charge in [0.1, 0.15) is 0 Å². The molecule has 91 valence electrons. The second kappa shape index (κ2) is 3.82. The van der Waals surface area contributed by atoms with Crippen LogP contribution in [0.5, 0.6) is 0 Å². The van der Waals surface area contributed by atoms with Gasteiger partial charge in [-0.2, -0.15) is 4.31 Å². The van der Waals surface area contributed by atoms with Crippen LogP contribution in [0.15, 0.2) is 29.2 Å². The van der Waals surface area contributed by atoms with E-state index < -0.39 is 10.0 Å². The van der Waals surface area contributed by atoms with Crippen molar-refractivity contribution in [3.8, 4) is 0 Å². The van der Waals surface area contributed by atoms with E-state index in [0.29, 0.717) is 29.8 Å². The summed E-state index contributed by atoms with van der Waals surface area (Å²) in [5.74, 6) is 1.18. The van der Waals surface area contributed by atoms with E-state index in [1.807, 2.05) is 19.1 Å².